The van der Waals surface area contributed by atoms with Crippen LogP contribution in [0.3, 0.4) is 0 Å². The van der Waals surface area contributed by atoms with Gasteiger partial charge in [-0.05, 0) is 26.3 Å². The molecule has 0 spiro atoms. The van der Waals surface area contributed by atoms with Gasteiger partial charge in [-0.15, -0.1) is 0 Å². The molecule has 28 heavy (non-hydrogen) atoms. The van der Waals surface area contributed by atoms with Gasteiger partial charge in [0, 0.05) is 18.5 Å². The molecule has 2 unspecified atom stereocenters. The summed E-state index contributed by atoms with van der Waals surface area (Å²) in [5.74, 6) is 0. The first kappa shape index (κ1) is 24.5. The number of aromatic nitrogens is 2. The molecule has 1 aromatic heterocycles. The summed E-state index contributed by atoms with van der Waals surface area (Å²) in [6, 6.07) is 0. The predicted octanol–water partition coefficient (Wildman–Crippen LogP) is 4.15. The van der Waals surface area contributed by atoms with E-state index < -0.39 is 5.60 Å². The van der Waals surface area contributed by atoms with Gasteiger partial charge in [0.25, 0.3) is 5.56 Å². The van der Waals surface area contributed by atoms with Crippen LogP contribution in [0.2, 0.25) is 0 Å². The van der Waals surface area contributed by atoms with Gasteiger partial charge in [-0.3, -0.25) is 14.0 Å². The molecule has 0 bridgehead atoms. The van der Waals surface area contributed by atoms with Crippen molar-refractivity contribution in [3.05, 3.63) is 52.2 Å². The van der Waals surface area contributed by atoms with Crippen LogP contribution in [0.25, 0.3) is 12.2 Å². The second-order valence-electron chi connectivity index (χ2n) is 8.14. The van der Waals surface area contributed by atoms with Gasteiger partial charge in [0.15, 0.2) is 0 Å². The second kappa shape index (κ2) is 10.3. The van der Waals surface area contributed by atoms with Crippen LogP contribution in [-0.2, 0) is 6.54 Å². The van der Waals surface area contributed by atoms with Crippen molar-refractivity contribution in [2.45, 2.75) is 60.1 Å². The molecule has 1 N–H and O–H groups in total. The summed E-state index contributed by atoms with van der Waals surface area (Å²) in [6.45, 7) is 17.4. The first-order valence-electron chi connectivity index (χ1n) is 9.83. The molecule has 1 heterocycles. The molecular weight excluding hydrogens is 369 g/mol. The number of aliphatic hydroxyl groups is 1. The van der Waals surface area contributed by atoms with E-state index >= 15 is 0 Å². The fourth-order valence-corrected chi connectivity index (χ4v) is 3.26. The maximum atomic E-state index is 12.8. The summed E-state index contributed by atoms with van der Waals surface area (Å²) in [5, 5.41) is 10.7. The first-order chi connectivity index (χ1) is 13.0. The quantitative estimate of drug-likeness (QED) is 0.547. The third kappa shape index (κ3) is 7.46. The molecule has 1 aliphatic carbocycles. The molecule has 1 aromatic rings. The molecule has 0 fully saturated rings. The SMILES string of the molecule is C=C(C)CN(P)CCC(C)(O)Cn1cnc2c(c1=O)C=CC(C)(C)C=C2.CC. The number of allylic oxidation sites excluding steroid dienone is 2. The summed E-state index contributed by atoms with van der Waals surface area (Å²) in [6.07, 6.45) is 9.84. The van der Waals surface area contributed by atoms with Crippen molar-refractivity contribution in [3.8, 4) is 0 Å². The van der Waals surface area contributed by atoms with Crippen LogP contribution >= 0.6 is 9.39 Å². The summed E-state index contributed by atoms with van der Waals surface area (Å²) in [5.41, 5.74) is 1.06. The number of hydrogen-bond donors (Lipinski definition) is 1. The molecule has 0 radical (unpaired) electrons. The fourth-order valence-electron chi connectivity index (χ4n) is 2.82. The van der Waals surface area contributed by atoms with Gasteiger partial charge >= 0.3 is 0 Å². The Hall–Kier alpha value is -1.55. The Labute approximate surface area is 172 Å². The van der Waals surface area contributed by atoms with Crippen molar-refractivity contribution in [2.75, 3.05) is 13.1 Å². The zero-order valence-electron chi connectivity index (χ0n) is 18.2. The topological polar surface area (TPSA) is 58.4 Å². The minimum absolute atomic E-state index is 0.116. The summed E-state index contributed by atoms with van der Waals surface area (Å²) in [4.78, 5) is 17.3. The number of nitrogens with zero attached hydrogens (tertiary/aromatic N) is 3. The predicted molar refractivity (Wildman–Crippen MR) is 123 cm³/mol. The van der Waals surface area contributed by atoms with Gasteiger partial charge in [-0.25, -0.2) is 4.98 Å². The van der Waals surface area contributed by atoms with Crippen molar-refractivity contribution in [2.24, 2.45) is 5.41 Å². The van der Waals surface area contributed by atoms with Crippen LogP contribution in [0.4, 0.5) is 0 Å². The van der Waals surface area contributed by atoms with E-state index in [1.165, 1.54) is 10.9 Å². The Morgan fingerprint density at radius 3 is 2.57 bits per heavy atom. The van der Waals surface area contributed by atoms with E-state index in [0.717, 1.165) is 12.1 Å². The van der Waals surface area contributed by atoms with Crippen molar-refractivity contribution >= 4 is 21.5 Å². The van der Waals surface area contributed by atoms with Crippen LogP contribution < -0.4 is 5.56 Å². The van der Waals surface area contributed by atoms with Gasteiger partial charge in [-0.1, -0.05) is 67.5 Å². The Balaban J connectivity index is 0.00000190. The highest BCUT2D eigenvalue weighted by atomic mass is 31.0. The van der Waals surface area contributed by atoms with Crippen LogP contribution in [0, 0.1) is 5.41 Å². The molecular formula is C22H36N3O2P. The number of fused-ring (bicyclic) bond motifs is 1. The summed E-state index contributed by atoms with van der Waals surface area (Å²) < 4.78 is 3.53. The lowest BCUT2D eigenvalue weighted by Gasteiger charge is -2.27. The Bertz CT molecular complexity index is 791. The number of hydrogen-bond acceptors (Lipinski definition) is 4. The molecule has 5 nitrogen and oxygen atoms in total. The monoisotopic (exact) mass is 405 g/mol. The molecule has 156 valence electrons. The van der Waals surface area contributed by atoms with E-state index in [9.17, 15) is 9.90 Å². The molecule has 0 aromatic carbocycles. The van der Waals surface area contributed by atoms with E-state index in [0.29, 0.717) is 24.2 Å². The largest absolute Gasteiger partial charge is 0.388 e. The lowest BCUT2D eigenvalue weighted by Crippen LogP contribution is -2.38. The average molecular weight is 406 g/mol. The molecule has 0 amide bonds. The van der Waals surface area contributed by atoms with Crippen molar-refractivity contribution in [1.29, 1.82) is 0 Å². The van der Waals surface area contributed by atoms with Gasteiger partial charge in [-0.2, -0.15) is 0 Å². The minimum atomic E-state index is -1.01. The third-order valence-electron chi connectivity index (χ3n) is 4.38. The smallest absolute Gasteiger partial charge is 0.261 e. The van der Waals surface area contributed by atoms with E-state index in [2.05, 4.69) is 34.8 Å². The molecule has 0 saturated carbocycles. The lowest BCUT2D eigenvalue weighted by atomic mass is 9.93. The highest BCUT2D eigenvalue weighted by Gasteiger charge is 2.24. The normalized spacial score (nSPS) is 16.6. The average Bonchev–Trinajstić information content (AvgIpc) is 2.76. The van der Waals surface area contributed by atoms with E-state index in [-0.39, 0.29) is 17.5 Å². The molecule has 1 aliphatic rings. The molecule has 2 rings (SSSR count). The van der Waals surface area contributed by atoms with Crippen molar-refractivity contribution < 1.29 is 5.11 Å². The number of rotatable bonds is 7. The van der Waals surface area contributed by atoms with Crippen LogP contribution in [0.1, 0.15) is 59.2 Å². The molecule has 2 atom stereocenters. The highest BCUT2D eigenvalue weighted by Crippen LogP contribution is 2.25. The minimum Gasteiger partial charge on any atom is -0.388 e. The van der Waals surface area contributed by atoms with Gasteiger partial charge in [0.05, 0.1) is 29.7 Å². The van der Waals surface area contributed by atoms with Gasteiger partial charge in [0.2, 0.25) is 0 Å². The fraction of sp³-hybridized carbons (Fsp3) is 0.545. The second-order valence-corrected chi connectivity index (χ2v) is 8.87. The molecule has 0 aliphatic heterocycles. The zero-order valence-corrected chi connectivity index (χ0v) is 19.4. The van der Waals surface area contributed by atoms with Crippen molar-refractivity contribution in [3.63, 3.8) is 0 Å². The standard InChI is InChI=1S/C20H30N3O2P.C2H6/c1-15(2)12-23(26)11-10-20(5,25)13-22-14-21-17-7-9-19(3,4)8-6-16(17)18(22)24;1-2/h6-9,14,25H,1,10-13,26H2,2-5H3;1-2H3. The van der Waals surface area contributed by atoms with Crippen LogP contribution in [0.5, 0.6) is 0 Å². The molecule has 0 saturated heterocycles. The Morgan fingerprint density at radius 2 is 1.96 bits per heavy atom. The first-order valence-corrected chi connectivity index (χ1v) is 10.4. The summed E-state index contributed by atoms with van der Waals surface area (Å²) >= 11 is 0. The van der Waals surface area contributed by atoms with Gasteiger partial charge in [0.1, 0.15) is 0 Å². The maximum Gasteiger partial charge on any atom is 0.261 e. The maximum absolute atomic E-state index is 12.8. The van der Waals surface area contributed by atoms with E-state index in [4.69, 9.17) is 0 Å². The van der Waals surface area contributed by atoms with E-state index in [1.54, 1.807) is 6.92 Å². The van der Waals surface area contributed by atoms with Gasteiger partial charge < -0.3 is 5.11 Å². The van der Waals surface area contributed by atoms with Crippen LogP contribution in [0.15, 0.2) is 35.4 Å². The zero-order chi connectivity index (χ0) is 21.5. The lowest BCUT2D eigenvalue weighted by molar-refractivity contribution is 0.0284. The third-order valence-corrected chi connectivity index (χ3v) is 4.82. The Morgan fingerprint density at radius 1 is 1.36 bits per heavy atom. The van der Waals surface area contributed by atoms with E-state index in [1.807, 2.05) is 49.7 Å². The molecule has 6 heteroatoms. The Kier molecular flexibility index (Phi) is 9.00. The highest BCUT2D eigenvalue weighted by molar-refractivity contribution is 7.13. The van der Waals surface area contributed by atoms with Crippen molar-refractivity contribution in [1.82, 2.24) is 14.2 Å². The summed E-state index contributed by atoms with van der Waals surface area (Å²) in [7, 11) is 2.65. The van der Waals surface area contributed by atoms with Crippen LogP contribution in [-0.4, -0.2) is 38.0 Å².